The first kappa shape index (κ1) is 18.4. The van der Waals surface area contributed by atoms with Crippen LogP contribution in [0.25, 0.3) is 11.1 Å². The Morgan fingerprint density at radius 1 is 0.929 bits per heavy atom. The highest BCUT2D eigenvalue weighted by Crippen LogP contribution is 2.40. The maximum Gasteiger partial charge on any atom is 0.416 e. The van der Waals surface area contributed by atoms with Crippen LogP contribution in [-0.4, -0.2) is 13.7 Å². The lowest BCUT2D eigenvalue weighted by Crippen LogP contribution is -2.20. The minimum atomic E-state index is -4.32. The van der Waals surface area contributed by atoms with E-state index in [1.807, 2.05) is 36.4 Å². The topological polar surface area (TPSA) is 12.5 Å². The van der Waals surface area contributed by atoms with Gasteiger partial charge in [-0.05, 0) is 47.4 Å². The van der Waals surface area contributed by atoms with Crippen LogP contribution in [0.4, 0.5) is 18.9 Å². The van der Waals surface area contributed by atoms with Gasteiger partial charge in [0.05, 0.1) is 12.7 Å². The first-order valence-corrected chi connectivity index (χ1v) is 9.13. The first-order valence-electron chi connectivity index (χ1n) is 9.13. The van der Waals surface area contributed by atoms with E-state index >= 15 is 0 Å². The zero-order chi connectivity index (χ0) is 19.7. The summed E-state index contributed by atoms with van der Waals surface area (Å²) < 4.78 is 43.9. The molecule has 0 spiro atoms. The molecule has 0 radical (unpaired) electrons. The molecule has 0 atom stereocenters. The van der Waals surface area contributed by atoms with Crippen LogP contribution in [0.15, 0.2) is 66.7 Å². The summed E-state index contributed by atoms with van der Waals surface area (Å²) >= 11 is 0. The summed E-state index contributed by atoms with van der Waals surface area (Å²) in [5.74, 6) is 0.816. The molecule has 2 nitrogen and oxygen atoms in total. The number of benzene rings is 3. The SMILES string of the molecule is COc1ccc(CN2CCc3cccc(-c4ccc(C(F)(F)F)cc4)c32)cc1. The van der Waals surface area contributed by atoms with Crippen molar-refractivity contribution in [2.45, 2.75) is 19.1 Å². The standard InChI is InChI=1S/C23H20F3NO/c1-28-20-11-5-16(6-12-20)15-27-14-13-18-3-2-4-21(22(18)27)17-7-9-19(10-8-17)23(24,25)26/h2-12H,13-15H2,1H3. The van der Waals surface area contributed by atoms with Gasteiger partial charge in [0.1, 0.15) is 5.75 Å². The number of hydrogen-bond acceptors (Lipinski definition) is 2. The van der Waals surface area contributed by atoms with E-state index in [4.69, 9.17) is 4.74 Å². The molecule has 4 rings (SSSR count). The molecule has 3 aromatic rings. The highest BCUT2D eigenvalue weighted by Gasteiger charge is 2.30. The van der Waals surface area contributed by atoms with E-state index in [2.05, 4.69) is 11.0 Å². The lowest BCUT2D eigenvalue weighted by atomic mass is 9.99. The highest BCUT2D eigenvalue weighted by molar-refractivity contribution is 5.82. The number of para-hydroxylation sites is 1. The van der Waals surface area contributed by atoms with Gasteiger partial charge in [-0.25, -0.2) is 0 Å². The molecule has 1 aliphatic heterocycles. The van der Waals surface area contributed by atoms with Gasteiger partial charge in [-0.15, -0.1) is 0 Å². The fourth-order valence-electron chi connectivity index (χ4n) is 3.71. The van der Waals surface area contributed by atoms with Gasteiger partial charge >= 0.3 is 6.18 Å². The summed E-state index contributed by atoms with van der Waals surface area (Å²) in [6.45, 7) is 1.63. The molecular weight excluding hydrogens is 363 g/mol. The van der Waals surface area contributed by atoms with Crippen molar-refractivity contribution in [3.8, 4) is 16.9 Å². The Balaban J connectivity index is 1.65. The molecule has 0 aliphatic carbocycles. The van der Waals surface area contributed by atoms with Crippen LogP contribution in [0.2, 0.25) is 0 Å². The van der Waals surface area contributed by atoms with Crippen LogP contribution in [0.5, 0.6) is 5.75 Å². The quantitative estimate of drug-likeness (QED) is 0.552. The largest absolute Gasteiger partial charge is 0.497 e. The molecule has 5 heteroatoms. The zero-order valence-corrected chi connectivity index (χ0v) is 15.5. The number of fused-ring (bicyclic) bond motifs is 1. The average molecular weight is 383 g/mol. The lowest BCUT2D eigenvalue weighted by Gasteiger charge is -2.23. The van der Waals surface area contributed by atoms with Gasteiger partial charge in [-0.3, -0.25) is 0 Å². The van der Waals surface area contributed by atoms with Crippen molar-refractivity contribution in [3.05, 3.63) is 83.4 Å². The third-order valence-corrected chi connectivity index (χ3v) is 5.14. The third kappa shape index (κ3) is 3.57. The normalized spacial score (nSPS) is 13.5. The lowest BCUT2D eigenvalue weighted by molar-refractivity contribution is -0.137. The van der Waals surface area contributed by atoms with Crippen molar-refractivity contribution < 1.29 is 17.9 Å². The number of anilines is 1. The number of nitrogens with zero attached hydrogens (tertiary/aromatic N) is 1. The molecule has 144 valence electrons. The second-order valence-corrected chi connectivity index (χ2v) is 6.91. The Kier molecular flexibility index (Phi) is 4.75. The van der Waals surface area contributed by atoms with Crippen LogP contribution < -0.4 is 9.64 Å². The second-order valence-electron chi connectivity index (χ2n) is 6.91. The maximum atomic E-state index is 12.9. The molecule has 0 unspecified atom stereocenters. The van der Waals surface area contributed by atoms with Gasteiger partial charge in [-0.1, -0.05) is 42.5 Å². The van der Waals surface area contributed by atoms with Gasteiger partial charge < -0.3 is 9.64 Å². The Bertz CT molecular complexity index is 963. The smallest absolute Gasteiger partial charge is 0.416 e. The predicted molar refractivity (Wildman–Crippen MR) is 105 cm³/mol. The van der Waals surface area contributed by atoms with Crippen molar-refractivity contribution in [1.82, 2.24) is 0 Å². The number of halogens is 3. The summed E-state index contributed by atoms with van der Waals surface area (Å²) in [7, 11) is 1.64. The number of ether oxygens (including phenoxy) is 1. The summed E-state index contributed by atoms with van der Waals surface area (Å²) in [6.07, 6.45) is -3.39. The molecule has 1 heterocycles. The average Bonchev–Trinajstić information content (AvgIpc) is 3.11. The van der Waals surface area contributed by atoms with E-state index in [0.717, 1.165) is 59.8 Å². The van der Waals surface area contributed by atoms with Crippen molar-refractivity contribution in [3.63, 3.8) is 0 Å². The van der Waals surface area contributed by atoms with Crippen molar-refractivity contribution in [2.75, 3.05) is 18.6 Å². The van der Waals surface area contributed by atoms with E-state index in [1.54, 1.807) is 19.2 Å². The molecular formula is C23H20F3NO. The minimum absolute atomic E-state index is 0.626. The van der Waals surface area contributed by atoms with E-state index in [1.165, 1.54) is 5.56 Å². The monoisotopic (exact) mass is 383 g/mol. The molecule has 0 bridgehead atoms. The number of alkyl halides is 3. The number of methoxy groups -OCH3 is 1. The van der Waals surface area contributed by atoms with Crippen molar-refractivity contribution >= 4 is 5.69 Å². The summed E-state index contributed by atoms with van der Waals surface area (Å²) in [6, 6.07) is 19.4. The predicted octanol–water partition coefficient (Wildman–Crippen LogP) is 5.94. The van der Waals surface area contributed by atoms with E-state index < -0.39 is 11.7 Å². The zero-order valence-electron chi connectivity index (χ0n) is 15.5. The van der Waals surface area contributed by atoms with Crippen molar-refractivity contribution in [2.24, 2.45) is 0 Å². The Hall–Kier alpha value is -2.95. The van der Waals surface area contributed by atoms with Gasteiger partial charge in [0.2, 0.25) is 0 Å². The summed E-state index contributed by atoms with van der Waals surface area (Å²) in [5, 5.41) is 0. The van der Waals surface area contributed by atoms with Crippen LogP contribution in [0.3, 0.4) is 0 Å². The highest BCUT2D eigenvalue weighted by atomic mass is 19.4. The van der Waals surface area contributed by atoms with Crippen molar-refractivity contribution in [1.29, 1.82) is 0 Å². The van der Waals surface area contributed by atoms with Gasteiger partial charge in [0.15, 0.2) is 0 Å². The second kappa shape index (κ2) is 7.23. The fourth-order valence-corrected chi connectivity index (χ4v) is 3.71. The van der Waals surface area contributed by atoms with E-state index in [-0.39, 0.29) is 0 Å². The molecule has 0 amide bonds. The molecule has 28 heavy (non-hydrogen) atoms. The minimum Gasteiger partial charge on any atom is -0.497 e. The first-order chi connectivity index (χ1) is 13.5. The van der Waals surface area contributed by atoms with Crippen LogP contribution in [0, 0.1) is 0 Å². The van der Waals surface area contributed by atoms with Crippen LogP contribution >= 0.6 is 0 Å². The van der Waals surface area contributed by atoms with Gasteiger partial charge in [0, 0.05) is 24.3 Å². The van der Waals surface area contributed by atoms with E-state index in [9.17, 15) is 13.2 Å². The molecule has 0 N–H and O–H groups in total. The Morgan fingerprint density at radius 3 is 2.29 bits per heavy atom. The number of rotatable bonds is 4. The van der Waals surface area contributed by atoms with Gasteiger partial charge in [-0.2, -0.15) is 13.2 Å². The molecule has 1 aliphatic rings. The fraction of sp³-hybridized carbons (Fsp3) is 0.217. The molecule has 0 aromatic heterocycles. The third-order valence-electron chi connectivity index (χ3n) is 5.14. The maximum absolute atomic E-state index is 12.9. The summed E-state index contributed by atoms with van der Waals surface area (Å²) in [5.41, 5.74) is 4.64. The molecule has 0 fully saturated rings. The molecule has 0 saturated carbocycles. The molecule has 3 aromatic carbocycles. The Morgan fingerprint density at radius 2 is 1.64 bits per heavy atom. The molecule has 0 saturated heterocycles. The van der Waals surface area contributed by atoms with Crippen LogP contribution in [-0.2, 0) is 19.1 Å². The van der Waals surface area contributed by atoms with Crippen LogP contribution in [0.1, 0.15) is 16.7 Å². The number of hydrogen-bond donors (Lipinski definition) is 0. The summed E-state index contributed by atoms with van der Waals surface area (Å²) in [4.78, 5) is 2.30. The van der Waals surface area contributed by atoms with Gasteiger partial charge in [0.25, 0.3) is 0 Å². The Labute approximate surface area is 162 Å². The van der Waals surface area contributed by atoms with E-state index in [0.29, 0.717) is 0 Å².